The third-order valence-electron chi connectivity index (χ3n) is 2.16. The Bertz CT molecular complexity index is 410. The molecule has 1 aromatic carbocycles. The number of methoxy groups -OCH3 is 1. The number of ether oxygens (including phenoxy) is 2. The lowest BCUT2D eigenvalue weighted by molar-refractivity contribution is -0.322. The molecule has 0 saturated carbocycles. The van der Waals surface area contributed by atoms with Crippen LogP contribution in [0.1, 0.15) is 5.56 Å². The third kappa shape index (κ3) is 4.62. The van der Waals surface area contributed by atoms with Crippen molar-refractivity contribution in [2.75, 3.05) is 25.6 Å². The molecular formula is C11H13ClF3NO2. The van der Waals surface area contributed by atoms with E-state index < -0.39 is 13.0 Å². The summed E-state index contributed by atoms with van der Waals surface area (Å²) in [6.45, 7) is 1.32. The van der Waals surface area contributed by atoms with Crippen LogP contribution in [-0.2, 0) is 4.74 Å². The van der Waals surface area contributed by atoms with Gasteiger partial charge >= 0.3 is 6.36 Å². The zero-order chi connectivity index (χ0) is 13.8. The Morgan fingerprint density at radius 3 is 2.56 bits per heavy atom. The van der Waals surface area contributed by atoms with Crippen molar-refractivity contribution in [3.8, 4) is 5.75 Å². The summed E-state index contributed by atoms with van der Waals surface area (Å²) in [7, 11) is 1.46. The summed E-state index contributed by atoms with van der Waals surface area (Å²) in [5.41, 5.74) is 1.38. The van der Waals surface area contributed by atoms with Crippen LogP contribution in [0.3, 0.4) is 0 Å². The van der Waals surface area contributed by atoms with Crippen molar-refractivity contribution in [2.24, 2.45) is 0 Å². The number of aryl methyl sites for hydroxylation is 1. The van der Waals surface area contributed by atoms with Crippen LogP contribution in [0.5, 0.6) is 5.75 Å². The number of rotatable bonds is 5. The van der Waals surface area contributed by atoms with E-state index in [2.05, 4.69) is 10.1 Å². The molecule has 0 spiro atoms. The van der Waals surface area contributed by atoms with E-state index in [0.717, 1.165) is 5.56 Å². The molecule has 0 aliphatic heterocycles. The second kappa shape index (κ2) is 6.15. The maximum Gasteiger partial charge on any atom is 0.522 e. The fourth-order valence-electron chi connectivity index (χ4n) is 1.32. The normalized spacial score (nSPS) is 11.4. The molecule has 3 nitrogen and oxygen atoms in total. The summed E-state index contributed by atoms with van der Waals surface area (Å²) in [4.78, 5) is 0. The Hall–Kier alpha value is -1.14. The lowest BCUT2D eigenvalue weighted by atomic mass is 10.2. The quantitative estimate of drug-likeness (QED) is 0.838. The average Bonchev–Trinajstić information content (AvgIpc) is 2.27. The van der Waals surface area contributed by atoms with E-state index in [1.807, 2.05) is 0 Å². The number of hydrogen-bond acceptors (Lipinski definition) is 3. The highest BCUT2D eigenvalue weighted by molar-refractivity contribution is 6.31. The fourth-order valence-corrected chi connectivity index (χ4v) is 1.48. The van der Waals surface area contributed by atoms with Gasteiger partial charge in [0.2, 0.25) is 0 Å². The minimum absolute atomic E-state index is 0.0109. The van der Waals surface area contributed by atoms with Crippen molar-refractivity contribution >= 4 is 17.3 Å². The molecule has 0 bridgehead atoms. The highest BCUT2D eigenvalue weighted by Gasteiger charge is 2.28. The van der Waals surface area contributed by atoms with Crippen LogP contribution in [0.15, 0.2) is 12.1 Å². The van der Waals surface area contributed by atoms with Gasteiger partial charge in [-0.15, -0.1) is 13.2 Å². The van der Waals surface area contributed by atoms with Crippen LogP contribution in [0.2, 0.25) is 5.02 Å². The van der Waals surface area contributed by atoms with Crippen LogP contribution < -0.4 is 10.1 Å². The van der Waals surface area contributed by atoms with E-state index >= 15 is 0 Å². The van der Waals surface area contributed by atoms with Crippen LogP contribution >= 0.6 is 11.6 Å². The van der Waals surface area contributed by atoms with Gasteiger partial charge in [0.25, 0.3) is 0 Å². The molecule has 1 N–H and O–H groups in total. The molecule has 0 unspecified atom stereocenters. The largest absolute Gasteiger partial charge is 0.522 e. The van der Waals surface area contributed by atoms with Gasteiger partial charge in [0.1, 0.15) is 5.75 Å². The summed E-state index contributed by atoms with van der Waals surface area (Å²) in [6.07, 6.45) is -4.61. The predicted molar refractivity (Wildman–Crippen MR) is 63.2 cm³/mol. The minimum Gasteiger partial charge on any atom is -0.495 e. The summed E-state index contributed by atoms with van der Waals surface area (Å²) >= 11 is 5.90. The molecule has 0 aliphatic carbocycles. The van der Waals surface area contributed by atoms with Gasteiger partial charge in [-0.25, -0.2) is 0 Å². The molecule has 7 heteroatoms. The Morgan fingerprint density at radius 2 is 2.00 bits per heavy atom. The number of hydrogen-bond donors (Lipinski definition) is 1. The van der Waals surface area contributed by atoms with Gasteiger partial charge in [-0.1, -0.05) is 11.6 Å². The summed E-state index contributed by atoms with van der Waals surface area (Å²) in [5.74, 6) is 0.470. The molecule has 1 rings (SSSR count). The van der Waals surface area contributed by atoms with Crippen LogP contribution in [0.4, 0.5) is 18.9 Å². The number of alkyl halides is 3. The molecule has 0 atom stereocenters. The predicted octanol–water partition coefficient (Wildman–Crippen LogP) is 3.61. The van der Waals surface area contributed by atoms with E-state index in [4.69, 9.17) is 16.3 Å². The molecule has 1 aromatic rings. The highest BCUT2D eigenvalue weighted by atomic mass is 35.5. The fraction of sp³-hybridized carbons (Fsp3) is 0.455. The molecule has 0 aromatic heterocycles. The number of halogens is 4. The third-order valence-corrected chi connectivity index (χ3v) is 2.57. The Kier molecular flexibility index (Phi) is 5.10. The van der Waals surface area contributed by atoms with Gasteiger partial charge in [0.15, 0.2) is 0 Å². The van der Waals surface area contributed by atoms with Crippen molar-refractivity contribution < 1.29 is 22.6 Å². The number of nitrogens with one attached hydrogen (secondary N) is 1. The lowest BCUT2D eigenvalue weighted by Crippen LogP contribution is -2.19. The summed E-state index contributed by atoms with van der Waals surface area (Å²) < 4.78 is 44.0. The first kappa shape index (κ1) is 14.9. The molecule has 0 fully saturated rings. The lowest BCUT2D eigenvalue weighted by Gasteiger charge is -2.13. The maximum absolute atomic E-state index is 11.8. The average molecular weight is 284 g/mol. The second-order valence-electron chi connectivity index (χ2n) is 3.52. The first-order valence-corrected chi connectivity index (χ1v) is 5.50. The summed E-state index contributed by atoms with van der Waals surface area (Å²) in [5, 5.41) is 3.33. The van der Waals surface area contributed by atoms with Gasteiger partial charge in [0, 0.05) is 17.6 Å². The Labute approximate surface area is 108 Å². The van der Waals surface area contributed by atoms with Gasteiger partial charge in [-0.3, -0.25) is 4.74 Å². The molecule has 102 valence electrons. The molecular weight excluding hydrogens is 271 g/mol. The van der Waals surface area contributed by atoms with Crippen LogP contribution in [-0.4, -0.2) is 26.6 Å². The zero-order valence-corrected chi connectivity index (χ0v) is 10.7. The molecule has 0 saturated heterocycles. The highest BCUT2D eigenvalue weighted by Crippen LogP contribution is 2.30. The smallest absolute Gasteiger partial charge is 0.495 e. The van der Waals surface area contributed by atoms with Gasteiger partial charge in [-0.2, -0.15) is 0 Å². The first-order chi connectivity index (χ1) is 8.33. The van der Waals surface area contributed by atoms with Crippen molar-refractivity contribution in [1.82, 2.24) is 0 Å². The van der Waals surface area contributed by atoms with Gasteiger partial charge in [0.05, 0.1) is 19.4 Å². The van der Waals surface area contributed by atoms with E-state index in [9.17, 15) is 13.2 Å². The standard InChI is InChI=1S/C11H13ClF3NO2/c1-7-5-9(10(17-2)6-8(7)12)16-3-4-18-11(13,14)15/h5-6,16H,3-4H2,1-2H3. The molecule has 18 heavy (non-hydrogen) atoms. The van der Waals surface area contributed by atoms with E-state index in [1.165, 1.54) is 7.11 Å². The zero-order valence-electron chi connectivity index (χ0n) is 9.90. The van der Waals surface area contributed by atoms with Gasteiger partial charge in [-0.05, 0) is 18.6 Å². The van der Waals surface area contributed by atoms with Crippen LogP contribution in [0, 0.1) is 6.92 Å². The molecule has 0 aliphatic rings. The van der Waals surface area contributed by atoms with Crippen molar-refractivity contribution in [3.05, 3.63) is 22.7 Å². The minimum atomic E-state index is -4.61. The second-order valence-corrected chi connectivity index (χ2v) is 3.93. The molecule has 0 amide bonds. The van der Waals surface area contributed by atoms with Crippen LogP contribution in [0.25, 0.3) is 0 Å². The van der Waals surface area contributed by atoms with Crippen molar-refractivity contribution in [1.29, 1.82) is 0 Å². The summed E-state index contributed by atoms with van der Waals surface area (Å²) in [6, 6.07) is 3.30. The maximum atomic E-state index is 11.8. The van der Waals surface area contributed by atoms with E-state index in [0.29, 0.717) is 16.5 Å². The van der Waals surface area contributed by atoms with E-state index in [-0.39, 0.29) is 6.54 Å². The Balaban J connectivity index is 2.59. The SMILES string of the molecule is COc1cc(Cl)c(C)cc1NCCOC(F)(F)F. The van der Waals surface area contributed by atoms with Crippen molar-refractivity contribution in [3.63, 3.8) is 0 Å². The van der Waals surface area contributed by atoms with Crippen molar-refractivity contribution in [2.45, 2.75) is 13.3 Å². The molecule has 0 radical (unpaired) electrons. The van der Waals surface area contributed by atoms with Gasteiger partial charge < -0.3 is 10.1 Å². The Morgan fingerprint density at radius 1 is 1.33 bits per heavy atom. The van der Waals surface area contributed by atoms with E-state index in [1.54, 1.807) is 19.1 Å². The molecule has 0 heterocycles. The first-order valence-electron chi connectivity index (χ1n) is 5.12. The number of benzene rings is 1. The topological polar surface area (TPSA) is 30.5 Å². The monoisotopic (exact) mass is 283 g/mol. The number of anilines is 1.